The SMILES string of the molecule is Cc1coc(=O)n1-c1cc(NC(=O)OC(C)(C)C)c2cnc(NC(=O)[C@@H]3C[C@H]3C#N)cc2c1. The summed E-state index contributed by atoms with van der Waals surface area (Å²) < 4.78 is 11.7. The van der Waals surface area contributed by atoms with Crippen LogP contribution in [0.25, 0.3) is 16.5 Å². The molecular weight excluding hydrogens is 426 g/mol. The lowest BCUT2D eigenvalue weighted by Gasteiger charge is -2.20. The Bertz CT molecular complexity index is 1360. The molecule has 10 heteroatoms. The Morgan fingerprint density at radius 2 is 2.03 bits per heavy atom. The molecule has 10 nitrogen and oxygen atoms in total. The quantitative estimate of drug-likeness (QED) is 0.618. The molecule has 170 valence electrons. The van der Waals surface area contributed by atoms with Crippen LogP contribution in [0.1, 0.15) is 32.9 Å². The van der Waals surface area contributed by atoms with Gasteiger partial charge in [-0.25, -0.2) is 19.1 Å². The first-order valence-corrected chi connectivity index (χ1v) is 10.4. The average molecular weight is 449 g/mol. The lowest BCUT2D eigenvalue weighted by atomic mass is 10.1. The van der Waals surface area contributed by atoms with Crippen LogP contribution in [0.15, 0.2) is 39.9 Å². The van der Waals surface area contributed by atoms with Crippen LogP contribution in [0.3, 0.4) is 0 Å². The number of nitrogens with one attached hydrogen (secondary N) is 2. The third kappa shape index (κ3) is 4.72. The van der Waals surface area contributed by atoms with Crippen molar-refractivity contribution in [2.24, 2.45) is 11.8 Å². The Balaban J connectivity index is 1.75. The minimum Gasteiger partial charge on any atom is -0.444 e. The number of ether oxygens (including phenoxy) is 1. The van der Waals surface area contributed by atoms with E-state index in [1.165, 1.54) is 17.0 Å². The molecule has 4 rings (SSSR count). The fourth-order valence-corrected chi connectivity index (χ4v) is 3.50. The van der Waals surface area contributed by atoms with E-state index in [2.05, 4.69) is 21.7 Å². The number of aryl methyl sites for hydroxylation is 1. The van der Waals surface area contributed by atoms with Gasteiger partial charge in [-0.1, -0.05) is 0 Å². The number of nitriles is 1. The molecule has 0 bridgehead atoms. The molecule has 0 radical (unpaired) electrons. The minimum absolute atomic E-state index is 0.265. The normalized spacial score (nSPS) is 17.3. The summed E-state index contributed by atoms with van der Waals surface area (Å²) in [5, 5.41) is 15.6. The number of hydrogen-bond acceptors (Lipinski definition) is 7. The monoisotopic (exact) mass is 449 g/mol. The first-order valence-electron chi connectivity index (χ1n) is 10.4. The topological polar surface area (TPSA) is 139 Å². The lowest BCUT2D eigenvalue weighted by molar-refractivity contribution is -0.117. The van der Waals surface area contributed by atoms with Crippen molar-refractivity contribution in [2.75, 3.05) is 10.6 Å². The number of benzene rings is 1. The molecule has 2 amide bonds. The van der Waals surface area contributed by atoms with E-state index in [-0.39, 0.29) is 17.7 Å². The number of fused-ring (bicyclic) bond motifs is 1. The van der Waals surface area contributed by atoms with Crippen LogP contribution in [0.2, 0.25) is 0 Å². The van der Waals surface area contributed by atoms with Crippen molar-refractivity contribution in [1.82, 2.24) is 9.55 Å². The van der Waals surface area contributed by atoms with Gasteiger partial charge < -0.3 is 14.5 Å². The van der Waals surface area contributed by atoms with E-state index in [0.29, 0.717) is 40.1 Å². The summed E-state index contributed by atoms with van der Waals surface area (Å²) in [6, 6.07) is 7.08. The molecule has 2 atom stereocenters. The van der Waals surface area contributed by atoms with Gasteiger partial charge in [0.05, 0.1) is 35.0 Å². The van der Waals surface area contributed by atoms with Crippen LogP contribution in [0.4, 0.5) is 16.3 Å². The fraction of sp³-hybridized carbons (Fsp3) is 0.348. The number of nitrogens with zero attached hydrogens (tertiary/aromatic N) is 3. The third-order valence-electron chi connectivity index (χ3n) is 5.13. The highest BCUT2D eigenvalue weighted by atomic mass is 16.6. The first-order chi connectivity index (χ1) is 15.6. The van der Waals surface area contributed by atoms with Gasteiger partial charge in [-0.3, -0.25) is 10.1 Å². The number of anilines is 2. The number of hydrogen-bond donors (Lipinski definition) is 2. The molecule has 3 aromatic rings. The van der Waals surface area contributed by atoms with Gasteiger partial charge in [0, 0.05) is 11.6 Å². The fourth-order valence-electron chi connectivity index (χ4n) is 3.50. The summed E-state index contributed by atoms with van der Waals surface area (Å²) in [6.45, 7) is 6.98. The zero-order chi connectivity index (χ0) is 23.9. The van der Waals surface area contributed by atoms with E-state index in [4.69, 9.17) is 14.4 Å². The van der Waals surface area contributed by atoms with Gasteiger partial charge in [-0.2, -0.15) is 5.26 Å². The molecule has 1 saturated carbocycles. The Morgan fingerprint density at radius 1 is 1.27 bits per heavy atom. The van der Waals surface area contributed by atoms with Crippen LogP contribution in [0.5, 0.6) is 0 Å². The zero-order valence-corrected chi connectivity index (χ0v) is 18.6. The highest BCUT2D eigenvalue weighted by Crippen LogP contribution is 2.38. The van der Waals surface area contributed by atoms with E-state index in [9.17, 15) is 14.4 Å². The van der Waals surface area contributed by atoms with E-state index >= 15 is 0 Å². The Morgan fingerprint density at radius 3 is 2.64 bits per heavy atom. The maximum Gasteiger partial charge on any atom is 0.423 e. The summed E-state index contributed by atoms with van der Waals surface area (Å²) in [5.74, 6) is -1.15. The van der Waals surface area contributed by atoms with E-state index < -0.39 is 17.5 Å². The van der Waals surface area contributed by atoms with Gasteiger partial charge in [0.1, 0.15) is 17.7 Å². The molecule has 0 spiro atoms. The molecule has 33 heavy (non-hydrogen) atoms. The average Bonchev–Trinajstić information content (AvgIpc) is 3.44. The molecule has 0 aliphatic heterocycles. The largest absolute Gasteiger partial charge is 0.444 e. The predicted octanol–water partition coefficient (Wildman–Crippen LogP) is 3.73. The molecule has 2 N–H and O–H groups in total. The Labute approximate surface area is 189 Å². The summed E-state index contributed by atoms with van der Waals surface area (Å²) in [7, 11) is 0. The first kappa shape index (κ1) is 22.1. The maximum absolute atomic E-state index is 12.4. The second-order valence-corrected chi connectivity index (χ2v) is 8.96. The Kier molecular flexibility index (Phi) is 5.41. The van der Waals surface area contributed by atoms with Crippen LogP contribution in [-0.2, 0) is 9.53 Å². The van der Waals surface area contributed by atoms with Gasteiger partial charge in [0.25, 0.3) is 0 Å². The number of amides is 2. The van der Waals surface area contributed by atoms with Gasteiger partial charge in [-0.15, -0.1) is 0 Å². The van der Waals surface area contributed by atoms with Crippen molar-refractivity contribution >= 4 is 34.3 Å². The molecule has 2 heterocycles. The summed E-state index contributed by atoms with van der Waals surface area (Å²) in [5.41, 5.74) is 0.706. The van der Waals surface area contributed by atoms with Crippen molar-refractivity contribution in [2.45, 2.75) is 39.7 Å². The molecule has 0 unspecified atom stereocenters. The van der Waals surface area contributed by atoms with Crippen LogP contribution in [0, 0.1) is 30.1 Å². The molecule has 2 aromatic heterocycles. The molecular formula is C23H23N5O5. The molecule has 1 aliphatic carbocycles. The molecule has 1 aliphatic rings. The second-order valence-electron chi connectivity index (χ2n) is 8.96. The van der Waals surface area contributed by atoms with E-state index in [0.717, 1.165) is 0 Å². The number of aromatic nitrogens is 2. The molecule has 0 saturated heterocycles. The summed E-state index contributed by atoms with van der Waals surface area (Å²) in [4.78, 5) is 41.3. The number of carbonyl (C=O) groups is 2. The second kappa shape index (κ2) is 8.09. The smallest absolute Gasteiger partial charge is 0.423 e. The van der Waals surface area contributed by atoms with Gasteiger partial charge >= 0.3 is 11.8 Å². The highest BCUT2D eigenvalue weighted by molar-refractivity contribution is 6.03. The molecule has 1 fully saturated rings. The van der Waals surface area contributed by atoms with E-state index in [1.807, 2.05) is 0 Å². The minimum atomic E-state index is -0.699. The maximum atomic E-state index is 12.4. The third-order valence-corrected chi connectivity index (χ3v) is 5.13. The number of oxazole rings is 1. The van der Waals surface area contributed by atoms with Gasteiger partial charge in [0.2, 0.25) is 5.91 Å². The van der Waals surface area contributed by atoms with Crippen molar-refractivity contribution in [3.8, 4) is 11.8 Å². The van der Waals surface area contributed by atoms with Crippen LogP contribution in [-0.4, -0.2) is 27.2 Å². The highest BCUT2D eigenvalue weighted by Gasteiger charge is 2.43. The van der Waals surface area contributed by atoms with Gasteiger partial charge in [-0.05, 0) is 57.7 Å². The number of rotatable bonds is 4. The van der Waals surface area contributed by atoms with Crippen molar-refractivity contribution < 1.29 is 18.7 Å². The summed E-state index contributed by atoms with van der Waals surface area (Å²) in [6.07, 6.45) is 2.73. The standard InChI is InChI=1S/C23H23N5O5/c1-12-11-32-22(31)28(12)15-5-13-7-19(27-20(29)16-6-14(16)9-24)25-10-17(13)18(8-15)26-21(30)33-23(2,3)4/h5,7-8,10-11,14,16H,6H2,1-4H3,(H,26,30)(H,25,27,29)/t14-,16+/m0/s1. The van der Waals surface area contributed by atoms with Crippen molar-refractivity contribution in [3.05, 3.63) is 46.9 Å². The number of pyridine rings is 1. The lowest BCUT2D eigenvalue weighted by Crippen LogP contribution is -2.27. The van der Waals surface area contributed by atoms with Crippen LogP contribution < -0.4 is 16.4 Å². The number of carbonyl (C=O) groups excluding carboxylic acids is 2. The predicted molar refractivity (Wildman–Crippen MR) is 120 cm³/mol. The molecule has 1 aromatic carbocycles. The summed E-state index contributed by atoms with van der Waals surface area (Å²) >= 11 is 0. The Hall–Kier alpha value is -4.13. The van der Waals surface area contributed by atoms with Crippen molar-refractivity contribution in [1.29, 1.82) is 5.26 Å². The van der Waals surface area contributed by atoms with E-state index in [1.54, 1.807) is 45.9 Å². The van der Waals surface area contributed by atoms with Gasteiger partial charge in [0.15, 0.2) is 0 Å². The van der Waals surface area contributed by atoms with Crippen LogP contribution >= 0.6 is 0 Å². The van der Waals surface area contributed by atoms with Crippen molar-refractivity contribution in [3.63, 3.8) is 0 Å². The zero-order valence-electron chi connectivity index (χ0n) is 18.6.